The van der Waals surface area contributed by atoms with E-state index in [2.05, 4.69) is 20.2 Å². The van der Waals surface area contributed by atoms with Gasteiger partial charge in [-0.1, -0.05) is 18.2 Å². The number of rotatable bonds is 8. The Kier molecular flexibility index (Phi) is 7.99. The molecule has 4 aromatic rings. The van der Waals surface area contributed by atoms with Crippen LogP contribution in [0.2, 0.25) is 0 Å². The van der Waals surface area contributed by atoms with E-state index in [1.165, 1.54) is 30.6 Å². The molecule has 0 atom stereocenters. The normalized spacial score (nSPS) is 13.8. The predicted molar refractivity (Wildman–Crippen MR) is 142 cm³/mol. The van der Waals surface area contributed by atoms with Crippen molar-refractivity contribution < 1.29 is 32.2 Å². The number of ether oxygens (including phenoxy) is 3. The molecule has 1 amide bonds. The molecule has 0 saturated carbocycles. The summed E-state index contributed by atoms with van der Waals surface area (Å²) < 4.78 is 55.2. The van der Waals surface area contributed by atoms with Gasteiger partial charge in [-0.15, -0.1) is 0 Å². The number of nitrogens with one attached hydrogen (secondary N) is 2. The number of morpholine rings is 1. The van der Waals surface area contributed by atoms with Gasteiger partial charge in [-0.2, -0.15) is 13.2 Å². The van der Waals surface area contributed by atoms with Crippen LogP contribution in [0.3, 0.4) is 0 Å². The van der Waals surface area contributed by atoms with E-state index in [1.54, 1.807) is 6.07 Å². The Hall–Kier alpha value is -4.42. The smallest absolute Gasteiger partial charge is 0.416 e. The van der Waals surface area contributed by atoms with Gasteiger partial charge >= 0.3 is 6.18 Å². The molecule has 40 heavy (non-hydrogen) atoms. The Labute approximate surface area is 226 Å². The lowest BCUT2D eigenvalue weighted by Crippen LogP contribution is -2.36. The van der Waals surface area contributed by atoms with E-state index in [-0.39, 0.29) is 35.6 Å². The second-order valence-corrected chi connectivity index (χ2v) is 9.03. The summed E-state index contributed by atoms with van der Waals surface area (Å²) in [5.41, 5.74) is 0.919. The number of alkyl halides is 3. The zero-order valence-electron chi connectivity index (χ0n) is 21.2. The third-order valence-electron chi connectivity index (χ3n) is 6.22. The van der Waals surface area contributed by atoms with Crippen LogP contribution in [-0.4, -0.2) is 48.8 Å². The number of fused-ring (bicyclic) bond motifs is 1. The van der Waals surface area contributed by atoms with Crippen LogP contribution in [-0.2, 0) is 27.1 Å². The summed E-state index contributed by atoms with van der Waals surface area (Å²) >= 11 is 0. The van der Waals surface area contributed by atoms with Crippen LogP contribution in [0.5, 0.6) is 11.5 Å². The van der Waals surface area contributed by atoms with Crippen LogP contribution >= 0.6 is 0 Å². The summed E-state index contributed by atoms with van der Waals surface area (Å²) in [4.78, 5) is 34.0. The first-order valence-corrected chi connectivity index (χ1v) is 12.4. The number of aromatic nitrogens is 2. The molecule has 1 aromatic heterocycles. The summed E-state index contributed by atoms with van der Waals surface area (Å²) in [6.07, 6.45) is -3.17. The Bertz CT molecular complexity index is 1550. The molecule has 1 fully saturated rings. The number of halogens is 3. The maximum Gasteiger partial charge on any atom is 0.416 e. The molecule has 5 rings (SSSR count). The third-order valence-corrected chi connectivity index (χ3v) is 6.22. The van der Waals surface area contributed by atoms with Gasteiger partial charge in [0.25, 0.3) is 5.56 Å². The van der Waals surface area contributed by atoms with Crippen molar-refractivity contribution in [3.05, 3.63) is 88.5 Å². The van der Waals surface area contributed by atoms with Crippen molar-refractivity contribution in [2.75, 3.05) is 43.1 Å². The number of hydrogen-bond acceptors (Lipinski definition) is 7. The van der Waals surface area contributed by atoms with Crippen LogP contribution in [0.25, 0.3) is 10.9 Å². The number of anilines is 2. The first-order valence-electron chi connectivity index (χ1n) is 12.4. The number of benzene rings is 3. The molecule has 0 unspecified atom stereocenters. The Morgan fingerprint density at radius 2 is 1.85 bits per heavy atom. The van der Waals surface area contributed by atoms with Gasteiger partial charge in [0.1, 0.15) is 12.4 Å². The van der Waals surface area contributed by atoms with Crippen molar-refractivity contribution in [3.8, 4) is 11.5 Å². The summed E-state index contributed by atoms with van der Waals surface area (Å²) in [6, 6.07) is 15.0. The number of aromatic amines is 1. The SMILES string of the molecule is O=C(COCc1ccc(C(F)(F)F)cc1)Nc1cc2nc[nH]c(=O)c2cc1Oc1cccc(N2CCOCC2)c1. The molecule has 1 saturated heterocycles. The molecule has 0 aliphatic carbocycles. The Morgan fingerprint density at radius 1 is 1.07 bits per heavy atom. The maximum atomic E-state index is 12.8. The number of hydrogen-bond donors (Lipinski definition) is 2. The van der Waals surface area contributed by atoms with E-state index in [1.807, 2.05) is 18.2 Å². The van der Waals surface area contributed by atoms with Gasteiger partial charge in [0.2, 0.25) is 5.91 Å². The lowest BCUT2D eigenvalue weighted by Gasteiger charge is -2.29. The number of amides is 1. The van der Waals surface area contributed by atoms with Crippen LogP contribution < -0.4 is 20.5 Å². The van der Waals surface area contributed by atoms with Gasteiger partial charge in [0.15, 0.2) is 5.75 Å². The Morgan fingerprint density at radius 3 is 2.60 bits per heavy atom. The molecule has 0 spiro atoms. The maximum absolute atomic E-state index is 12.8. The highest BCUT2D eigenvalue weighted by Gasteiger charge is 2.29. The van der Waals surface area contributed by atoms with E-state index in [9.17, 15) is 22.8 Å². The fourth-order valence-corrected chi connectivity index (χ4v) is 4.21. The largest absolute Gasteiger partial charge is 0.455 e. The Balaban J connectivity index is 1.31. The molecule has 1 aliphatic rings. The average molecular weight is 555 g/mol. The van der Waals surface area contributed by atoms with Gasteiger partial charge in [0, 0.05) is 24.8 Å². The minimum Gasteiger partial charge on any atom is -0.455 e. The van der Waals surface area contributed by atoms with E-state index in [0.29, 0.717) is 30.0 Å². The van der Waals surface area contributed by atoms with Gasteiger partial charge in [0.05, 0.1) is 48.3 Å². The molecule has 2 heterocycles. The van der Waals surface area contributed by atoms with Gasteiger partial charge < -0.3 is 29.4 Å². The number of carbonyl (C=O) groups excluding carboxylic acids is 1. The molecule has 1 aliphatic heterocycles. The lowest BCUT2D eigenvalue weighted by atomic mass is 10.1. The third kappa shape index (κ3) is 6.58. The van der Waals surface area contributed by atoms with Gasteiger partial charge in [-0.3, -0.25) is 9.59 Å². The van der Waals surface area contributed by atoms with E-state index in [4.69, 9.17) is 14.2 Å². The fraction of sp³-hybridized carbons (Fsp3) is 0.250. The van der Waals surface area contributed by atoms with E-state index < -0.39 is 17.6 Å². The lowest BCUT2D eigenvalue weighted by molar-refractivity contribution is -0.137. The van der Waals surface area contributed by atoms with Crippen molar-refractivity contribution in [2.45, 2.75) is 12.8 Å². The zero-order chi connectivity index (χ0) is 28.1. The molecule has 208 valence electrons. The van der Waals surface area contributed by atoms with Crippen LogP contribution in [0, 0.1) is 0 Å². The van der Waals surface area contributed by atoms with Crippen molar-refractivity contribution in [3.63, 3.8) is 0 Å². The topological polar surface area (TPSA) is 106 Å². The summed E-state index contributed by atoms with van der Waals surface area (Å²) in [7, 11) is 0. The fourth-order valence-electron chi connectivity index (χ4n) is 4.21. The molecule has 0 bridgehead atoms. The molecule has 12 heteroatoms. The second kappa shape index (κ2) is 11.8. The standard InChI is InChI=1S/C28H25F3N4O5/c29-28(30,31)19-6-4-18(5-7-19)15-39-16-26(36)34-24-14-23-22(27(37)33-17-32-23)13-25(24)40-21-3-1-2-20(12-21)35-8-10-38-11-9-35/h1-7,12-14,17H,8-11,15-16H2,(H,34,36)(H,32,33,37). The molecule has 3 aromatic carbocycles. The molecular formula is C28H25F3N4O5. The van der Waals surface area contributed by atoms with Crippen molar-refractivity contribution >= 4 is 28.2 Å². The first-order chi connectivity index (χ1) is 19.3. The van der Waals surface area contributed by atoms with Crippen molar-refractivity contribution in [1.82, 2.24) is 9.97 Å². The monoisotopic (exact) mass is 554 g/mol. The number of nitrogens with zero attached hydrogens (tertiary/aromatic N) is 2. The van der Waals surface area contributed by atoms with Crippen molar-refractivity contribution in [2.24, 2.45) is 0 Å². The highest BCUT2D eigenvalue weighted by Crippen LogP contribution is 2.34. The highest BCUT2D eigenvalue weighted by atomic mass is 19.4. The van der Waals surface area contributed by atoms with Crippen LogP contribution in [0.4, 0.5) is 24.5 Å². The summed E-state index contributed by atoms with van der Waals surface area (Å²) in [5.74, 6) is 0.196. The first kappa shape index (κ1) is 27.2. The number of H-pyrrole nitrogens is 1. The summed E-state index contributed by atoms with van der Waals surface area (Å²) in [5, 5.41) is 3.00. The van der Waals surface area contributed by atoms with Crippen LogP contribution in [0.1, 0.15) is 11.1 Å². The van der Waals surface area contributed by atoms with Crippen LogP contribution in [0.15, 0.2) is 71.8 Å². The molecule has 2 N–H and O–H groups in total. The molecule has 0 radical (unpaired) electrons. The second-order valence-electron chi connectivity index (χ2n) is 9.03. The molecular weight excluding hydrogens is 529 g/mol. The van der Waals surface area contributed by atoms with Crippen molar-refractivity contribution in [1.29, 1.82) is 0 Å². The zero-order valence-corrected chi connectivity index (χ0v) is 21.2. The van der Waals surface area contributed by atoms with Gasteiger partial charge in [-0.25, -0.2) is 4.98 Å². The van der Waals surface area contributed by atoms with Gasteiger partial charge in [-0.05, 0) is 42.0 Å². The van der Waals surface area contributed by atoms with E-state index in [0.717, 1.165) is 30.9 Å². The average Bonchev–Trinajstić information content (AvgIpc) is 2.94. The quantitative estimate of drug-likeness (QED) is 0.325. The predicted octanol–water partition coefficient (Wildman–Crippen LogP) is 4.73. The number of carbonyl (C=O) groups is 1. The summed E-state index contributed by atoms with van der Waals surface area (Å²) in [6.45, 7) is 2.32. The minimum atomic E-state index is -4.43. The van der Waals surface area contributed by atoms with E-state index >= 15 is 0 Å². The molecule has 9 nitrogen and oxygen atoms in total. The highest BCUT2D eigenvalue weighted by molar-refractivity contribution is 5.96. The minimum absolute atomic E-state index is 0.0576.